The van der Waals surface area contributed by atoms with Crippen LogP contribution in [0.25, 0.3) is 6.08 Å². The van der Waals surface area contributed by atoms with E-state index in [2.05, 4.69) is 46.8 Å². The Morgan fingerprint density at radius 3 is 2.44 bits per heavy atom. The molecule has 0 aromatic heterocycles. The molecule has 4 nitrogen and oxygen atoms in total. The molecule has 2 atom stereocenters. The van der Waals surface area contributed by atoms with Crippen molar-refractivity contribution in [3.05, 3.63) is 94.5 Å². The maximum atomic E-state index is 13.5. The lowest BCUT2D eigenvalue weighted by Crippen LogP contribution is -2.46. The third-order valence-corrected chi connectivity index (χ3v) is 8.63. The van der Waals surface area contributed by atoms with Crippen LogP contribution in [0.1, 0.15) is 25.0 Å². The lowest BCUT2D eigenvalue weighted by molar-refractivity contribution is 0.0652. The number of anilines is 1. The van der Waals surface area contributed by atoms with E-state index < -0.39 is 15.4 Å². The number of hydrogen-bond donors (Lipinski definition) is 0. The van der Waals surface area contributed by atoms with E-state index in [0.717, 1.165) is 21.3 Å². The van der Waals surface area contributed by atoms with Crippen LogP contribution in [0.3, 0.4) is 0 Å². The normalized spacial score (nSPS) is 21.7. The molecule has 0 spiro atoms. The van der Waals surface area contributed by atoms with E-state index >= 15 is 0 Å². The zero-order chi connectivity index (χ0) is 22.5. The highest BCUT2D eigenvalue weighted by atomic mass is 79.9. The summed E-state index contributed by atoms with van der Waals surface area (Å²) in [6, 6.07) is 22.3. The first-order chi connectivity index (χ1) is 15.3. The van der Waals surface area contributed by atoms with Gasteiger partial charge in [0.05, 0.1) is 21.0 Å². The minimum Gasteiger partial charge on any atom is -0.348 e. The summed E-state index contributed by atoms with van der Waals surface area (Å²) in [6.07, 6.45) is 4.45. The van der Waals surface area contributed by atoms with Gasteiger partial charge in [-0.3, -0.25) is 0 Å². The SMILES string of the molecule is CC1(C)C(C=Cc2ccc(Br)cc2)OC2Cc3cccc(S(=O)(=O)c4ccccc4)c3N21. The molecule has 2 aliphatic heterocycles. The number of rotatable bonds is 4. The summed E-state index contributed by atoms with van der Waals surface area (Å²) < 4.78 is 34.5. The smallest absolute Gasteiger partial charge is 0.208 e. The standard InChI is InChI=1S/C26H24BrNO3S/c1-26(2)23(16-13-18-11-14-20(27)15-12-18)31-24-17-19-7-6-10-22(25(19)28(24)26)32(29,30)21-8-4-3-5-9-21/h3-16,23-24H,17H2,1-2H3. The van der Waals surface area contributed by atoms with Gasteiger partial charge in [0, 0.05) is 10.9 Å². The maximum Gasteiger partial charge on any atom is 0.208 e. The van der Waals surface area contributed by atoms with Crippen molar-refractivity contribution >= 4 is 37.5 Å². The highest BCUT2D eigenvalue weighted by Gasteiger charge is 2.52. The number of para-hydroxylation sites is 1. The molecule has 0 N–H and O–H groups in total. The van der Waals surface area contributed by atoms with Crippen molar-refractivity contribution in [1.82, 2.24) is 0 Å². The third-order valence-electron chi connectivity index (χ3n) is 6.30. The van der Waals surface area contributed by atoms with Gasteiger partial charge in [0.1, 0.15) is 12.3 Å². The van der Waals surface area contributed by atoms with E-state index in [1.54, 1.807) is 30.3 Å². The highest BCUT2D eigenvalue weighted by molar-refractivity contribution is 9.10. The Morgan fingerprint density at radius 1 is 1.00 bits per heavy atom. The summed E-state index contributed by atoms with van der Waals surface area (Å²) in [7, 11) is -3.65. The zero-order valence-electron chi connectivity index (χ0n) is 17.9. The molecule has 0 saturated carbocycles. The molecular weight excluding hydrogens is 486 g/mol. The van der Waals surface area contributed by atoms with Crippen LogP contribution in [0.15, 0.2) is 93.1 Å². The Bertz CT molecular complexity index is 1280. The highest BCUT2D eigenvalue weighted by Crippen LogP contribution is 2.49. The molecule has 2 aliphatic rings. The fourth-order valence-corrected chi connectivity index (χ4v) is 6.44. The molecule has 6 heteroatoms. The van der Waals surface area contributed by atoms with Crippen LogP contribution in [-0.4, -0.2) is 26.3 Å². The van der Waals surface area contributed by atoms with Crippen molar-refractivity contribution in [2.75, 3.05) is 4.90 Å². The summed E-state index contributed by atoms with van der Waals surface area (Å²) in [4.78, 5) is 2.81. The number of benzene rings is 3. The largest absolute Gasteiger partial charge is 0.348 e. The number of halogens is 1. The number of ether oxygens (including phenoxy) is 1. The van der Waals surface area contributed by atoms with Gasteiger partial charge in [0.2, 0.25) is 9.84 Å². The number of hydrogen-bond acceptors (Lipinski definition) is 4. The Hall–Kier alpha value is -2.41. The van der Waals surface area contributed by atoms with Crippen LogP contribution < -0.4 is 4.90 Å². The van der Waals surface area contributed by atoms with Gasteiger partial charge in [-0.1, -0.05) is 70.5 Å². The minimum absolute atomic E-state index is 0.170. The second kappa shape index (κ2) is 7.87. The second-order valence-electron chi connectivity index (χ2n) is 8.73. The maximum absolute atomic E-state index is 13.5. The van der Waals surface area contributed by atoms with Crippen LogP contribution >= 0.6 is 15.9 Å². The van der Waals surface area contributed by atoms with Gasteiger partial charge in [-0.25, -0.2) is 8.42 Å². The molecule has 5 rings (SSSR count). The molecule has 1 saturated heterocycles. The third kappa shape index (κ3) is 3.51. The number of nitrogens with zero attached hydrogens (tertiary/aromatic N) is 1. The molecule has 0 aliphatic carbocycles. The first kappa shape index (κ1) is 21.4. The van der Waals surface area contributed by atoms with Crippen LogP contribution in [0.4, 0.5) is 5.69 Å². The quantitative estimate of drug-likeness (QED) is 0.441. The molecule has 1 fully saturated rings. The average molecular weight is 510 g/mol. The van der Waals surface area contributed by atoms with Gasteiger partial charge in [0.15, 0.2) is 0 Å². The second-order valence-corrected chi connectivity index (χ2v) is 11.6. The van der Waals surface area contributed by atoms with Gasteiger partial charge in [-0.15, -0.1) is 0 Å². The van der Waals surface area contributed by atoms with E-state index in [1.165, 1.54) is 0 Å². The van der Waals surface area contributed by atoms with Gasteiger partial charge in [0.25, 0.3) is 0 Å². The van der Waals surface area contributed by atoms with Gasteiger partial charge < -0.3 is 9.64 Å². The summed E-state index contributed by atoms with van der Waals surface area (Å²) in [6.45, 7) is 4.23. The monoisotopic (exact) mass is 509 g/mol. The molecule has 3 aromatic carbocycles. The lowest BCUT2D eigenvalue weighted by atomic mass is 9.95. The van der Waals surface area contributed by atoms with Crippen molar-refractivity contribution in [2.45, 2.75) is 47.9 Å². The zero-order valence-corrected chi connectivity index (χ0v) is 20.3. The summed E-state index contributed by atoms with van der Waals surface area (Å²) >= 11 is 3.46. The van der Waals surface area contributed by atoms with Crippen molar-refractivity contribution in [3.8, 4) is 0 Å². The van der Waals surface area contributed by atoms with Crippen LogP contribution in [0.5, 0.6) is 0 Å². The molecular formula is C26H24BrNO3S. The number of fused-ring (bicyclic) bond motifs is 3. The Kier molecular flexibility index (Phi) is 5.27. The predicted octanol–water partition coefficient (Wildman–Crippen LogP) is 5.86. The lowest BCUT2D eigenvalue weighted by Gasteiger charge is -2.35. The summed E-state index contributed by atoms with van der Waals surface area (Å²) in [5.41, 5.74) is 2.46. The fraction of sp³-hybridized carbons (Fsp3) is 0.231. The minimum atomic E-state index is -3.65. The summed E-state index contributed by atoms with van der Waals surface area (Å²) in [5.74, 6) is 0. The fourth-order valence-electron chi connectivity index (χ4n) is 4.67. The van der Waals surface area contributed by atoms with Crippen molar-refractivity contribution in [3.63, 3.8) is 0 Å². The van der Waals surface area contributed by atoms with Crippen LogP contribution in [0, 0.1) is 0 Å². The summed E-state index contributed by atoms with van der Waals surface area (Å²) in [5, 5.41) is 0. The van der Waals surface area contributed by atoms with Crippen molar-refractivity contribution in [2.24, 2.45) is 0 Å². The van der Waals surface area contributed by atoms with E-state index in [-0.39, 0.29) is 12.3 Å². The molecule has 32 heavy (non-hydrogen) atoms. The molecule has 0 amide bonds. The molecule has 3 aromatic rings. The number of sulfone groups is 1. The van der Waals surface area contributed by atoms with E-state index in [4.69, 9.17) is 4.74 Å². The van der Waals surface area contributed by atoms with Gasteiger partial charge in [-0.2, -0.15) is 0 Å². The van der Waals surface area contributed by atoms with E-state index in [9.17, 15) is 8.42 Å². The first-order valence-electron chi connectivity index (χ1n) is 10.6. The van der Waals surface area contributed by atoms with Gasteiger partial charge in [-0.05, 0) is 55.3 Å². The average Bonchev–Trinajstić information content (AvgIpc) is 3.27. The Labute approximate surface area is 197 Å². The van der Waals surface area contributed by atoms with E-state index in [0.29, 0.717) is 16.2 Å². The van der Waals surface area contributed by atoms with E-state index in [1.807, 2.05) is 42.5 Å². The molecule has 0 bridgehead atoms. The molecule has 2 heterocycles. The topological polar surface area (TPSA) is 46.6 Å². The van der Waals surface area contributed by atoms with Crippen molar-refractivity contribution < 1.29 is 13.2 Å². The first-order valence-corrected chi connectivity index (χ1v) is 12.9. The van der Waals surface area contributed by atoms with Gasteiger partial charge >= 0.3 is 0 Å². The predicted molar refractivity (Wildman–Crippen MR) is 130 cm³/mol. The van der Waals surface area contributed by atoms with Crippen LogP contribution in [0.2, 0.25) is 0 Å². The molecule has 2 unspecified atom stereocenters. The van der Waals surface area contributed by atoms with Crippen molar-refractivity contribution in [1.29, 1.82) is 0 Å². The molecule has 164 valence electrons. The Balaban J connectivity index is 1.53. The van der Waals surface area contributed by atoms with Crippen LogP contribution in [-0.2, 0) is 21.0 Å². The Morgan fingerprint density at radius 2 is 1.72 bits per heavy atom. The molecule has 0 radical (unpaired) electrons.